The van der Waals surface area contributed by atoms with Gasteiger partial charge in [0.05, 0.1) is 19.8 Å². The third kappa shape index (κ3) is 4.27. The van der Waals surface area contributed by atoms with Crippen molar-refractivity contribution in [3.8, 4) is 11.5 Å². The number of hydrogen-bond acceptors (Lipinski definition) is 3. The van der Waals surface area contributed by atoms with Crippen molar-refractivity contribution in [2.24, 2.45) is 5.41 Å². The van der Waals surface area contributed by atoms with Crippen molar-refractivity contribution in [2.75, 3.05) is 26.6 Å². The fourth-order valence-corrected chi connectivity index (χ4v) is 2.56. The lowest BCUT2D eigenvalue weighted by atomic mass is 9.84. The molecule has 1 N–H and O–H groups in total. The van der Waals surface area contributed by atoms with Crippen LogP contribution >= 0.6 is 11.6 Å². The average Bonchev–Trinajstić information content (AvgIpc) is 2.55. The number of rotatable bonds is 8. The SMILES string of the molecule is CCC(CC)(CCl)CNC(=O)c1ccc(OC)cc1OC. The van der Waals surface area contributed by atoms with Gasteiger partial charge in [0, 0.05) is 23.9 Å². The van der Waals surface area contributed by atoms with E-state index in [0.717, 1.165) is 12.8 Å². The molecule has 0 heterocycles. The van der Waals surface area contributed by atoms with Crippen LogP contribution in [0.1, 0.15) is 37.0 Å². The zero-order valence-corrected chi connectivity index (χ0v) is 13.9. The number of carbonyl (C=O) groups is 1. The second-order valence-electron chi connectivity index (χ2n) is 5.09. The first-order valence-electron chi connectivity index (χ1n) is 7.12. The van der Waals surface area contributed by atoms with Crippen molar-refractivity contribution in [1.29, 1.82) is 0 Å². The maximum atomic E-state index is 12.3. The Morgan fingerprint density at radius 1 is 1.24 bits per heavy atom. The van der Waals surface area contributed by atoms with Crippen LogP contribution in [0.2, 0.25) is 0 Å². The molecular formula is C16H24ClNO3. The van der Waals surface area contributed by atoms with Crippen LogP contribution in [0.3, 0.4) is 0 Å². The standard InChI is InChI=1S/C16H24ClNO3/c1-5-16(6-2,10-17)11-18-15(19)13-8-7-12(20-3)9-14(13)21-4/h7-9H,5-6,10-11H2,1-4H3,(H,18,19). The summed E-state index contributed by atoms with van der Waals surface area (Å²) in [6, 6.07) is 5.14. The van der Waals surface area contributed by atoms with Crippen LogP contribution in [0.5, 0.6) is 11.5 Å². The van der Waals surface area contributed by atoms with E-state index < -0.39 is 0 Å². The second-order valence-corrected chi connectivity index (χ2v) is 5.36. The van der Waals surface area contributed by atoms with Gasteiger partial charge < -0.3 is 14.8 Å². The van der Waals surface area contributed by atoms with Gasteiger partial charge in [-0.1, -0.05) is 13.8 Å². The molecule has 0 radical (unpaired) electrons. The molecule has 0 unspecified atom stereocenters. The first kappa shape index (κ1) is 17.6. The molecule has 0 saturated heterocycles. The molecule has 1 rings (SSSR count). The molecule has 0 aliphatic heterocycles. The molecule has 21 heavy (non-hydrogen) atoms. The van der Waals surface area contributed by atoms with E-state index in [1.54, 1.807) is 25.3 Å². The highest BCUT2D eigenvalue weighted by Gasteiger charge is 2.26. The number of ether oxygens (including phenoxy) is 2. The van der Waals surface area contributed by atoms with Gasteiger partial charge in [-0.05, 0) is 25.0 Å². The highest BCUT2D eigenvalue weighted by atomic mass is 35.5. The van der Waals surface area contributed by atoms with Gasteiger partial charge in [0.2, 0.25) is 0 Å². The van der Waals surface area contributed by atoms with Crippen LogP contribution in [-0.2, 0) is 0 Å². The van der Waals surface area contributed by atoms with E-state index >= 15 is 0 Å². The molecular weight excluding hydrogens is 290 g/mol. The Bertz CT molecular complexity index is 464. The zero-order valence-electron chi connectivity index (χ0n) is 13.2. The number of halogens is 1. The number of methoxy groups -OCH3 is 2. The molecule has 4 nitrogen and oxygen atoms in total. The minimum Gasteiger partial charge on any atom is -0.497 e. The number of nitrogens with one attached hydrogen (secondary N) is 1. The molecule has 5 heteroatoms. The van der Waals surface area contributed by atoms with Crippen LogP contribution < -0.4 is 14.8 Å². The Morgan fingerprint density at radius 2 is 1.90 bits per heavy atom. The lowest BCUT2D eigenvalue weighted by molar-refractivity contribution is 0.0928. The van der Waals surface area contributed by atoms with E-state index in [-0.39, 0.29) is 11.3 Å². The maximum Gasteiger partial charge on any atom is 0.255 e. The normalized spacial score (nSPS) is 11.1. The summed E-state index contributed by atoms with van der Waals surface area (Å²) in [6.07, 6.45) is 1.85. The fourth-order valence-electron chi connectivity index (χ4n) is 2.09. The van der Waals surface area contributed by atoms with Crippen molar-refractivity contribution in [3.05, 3.63) is 23.8 Å². The van der Waals surface area contributed by atoms with Crippen molar-refractivity contribution < 1.29 is 14.3 Å². The van der Waals surface area contributed by atoms with Crippen molar-refractivity contribution in [3.63, 3.8) is 0 Å². The minimum atomic E-state index is -0.161. The van der Waals surface area contributed by atoms with Crippen molar-refractivity contribution >= 4 is 17.5 Å². The Morgan fingerprint density at radius 3 is 2.38 bits per heavy atom. The number of alkyl halides is 1. The first-order chi connectivity index (χ1) is 10.1. The van der Waals surface area contributed by atoms with Crippen LogP contribution in [0.15, 0.2) is 18.2 Å². The number of carbonyl (C=O) groups excluding carboxylic acids is 1. The Labute approximate surface area is 131 Å². The van der Waals surface area contributed by atoms with Gasteiger partial charge in [0.25, 0.3) is 5.91 Å². The van der Waals surface area contributed by atoms with E-state index in [1.165, 1.54) is 7.11 Å². The quantitative estimate of drug-likeness (QED) is 0.747. The van der Waals surface area contributed by atoms with E-state index in [4.69, 9.17) is 21.1 Å². The third-order valence-corrected chi connectivity index (χ3v) is 4.63. The highest BCUT2D eigenvalue weighted by Crippen LogP contribution is 2.28. The first-order valence-corrected chi connectivity index (χ1v) is 7.65. The molecule has 118 valence electrons. The summed E-state index contributed by atoms with van der Waals surface area (Å²) in [6.45, 7) is 4.73. The van der Waals surface area contributed by atoms with Gasteiger partial charge in [-0.2, -0.15) is 0 Å². The topological polar surface area (TPSA) is 47.6 Å². The fraction of sp³-hybridized carbons (Fsp3) is 0.562. The highest BCUT2D eigenvalue weighted by molar-refractivity contribution is 6.18. The maximum absolute atomic E-state index is 12.3. The molecule has 0 spiro atoms. The van der Waals surface area contributed by atoms with Gasteiger partial charge in [-0.3, -0.25) is 4.79 Å². The Balaban J connectivity index is 2.85. The molecule has 0 atom stereocenters. The number of benzene rings is 1. The molecule has 0 aliphatic carbocycles. The Kier molecular flexibility index (Phi) is 6.82. The van der Waals surface area contributed by atoms with Gasteiger partial charge in [0.15, 0.2) is 0 Å². The van der Waals surface area contributed by atoms with Crippen LogP contribution in [0.4, 0.5) is 0 Å². The summed E-state index contributed by atoms with van der Waals surface area (Å²) in [5.41, 5.74) is 0.436. The third-order valence-electron chi connectivity index (χ3n) is 4.06. The molecule has 1 aromatic carbocycles. The molecule has 0 aliphatic rings. The van der Waals surface area contributed by atoms with E-state index in [1.807, 2.05) is 0 Å². The lowest BCUT2D eigenvalue weighted by Crippen LogP contribution is -2.38. The number of hydrogen-bond donors (Lipinski definition) is 1. The van der Waals surface area contributed by atoms with Gasteiger partial charge >= 0.3 is 0 Å². The summed E-state index contributed by atoms with van der Waals surface area (Å²) in [5, 5.41) is 2.96. The summed E-state index contributed by atoms with van der Waals surface area (Å²) in [4.78, 5) is 12.3. The van der Waals surface area contributed by atoms with Crippen molar-refractivity contribution in [2.45, 2.75) is 26.7 Å². The van der Waals surface area contributed by atoms with Gasteiger partial charge in [0.1, 0.15) is 11.5 Å². The Hall–Kier alpha value is -1.42. The summed E-state index contributed by atoms with van der Waals surface area (Å²) in [5.74, 6) is 1.52. The molecule has 0 saturated carbocycles. The smallest absolute Gasteiger partial charge is 0.255 e. The van der Waals surface area contributed by atoms with Crippen LogP contribution in [-0.4, -0.2) is 32.6 Å². The summed E-state index contributed by atoms with van der Waals surface area (Å²) in [7, 11) is 3.11. The zero-order chi connectivity index (χ0) is 15.9. The predicted molar refractivity (Wildman–Crippen MR) is 85.6 cm³/mol. The predicted octanol–water partition coefficient (Wildman–Crippen LogP) is 3.48. The molecule has 0 aromatic heterocycles. The van der Waals surface area contributed by atoms with Gasteiger partial charge in [-0.25, -0.2) is 0 Å². The van der Waals surface area contributed by atoms with Crippen LogP contribution in [0.25, 0.3) is 0 Å². The molecule has 1 amide bonds. The molecule has 0 fully saturated rings. The van der Waals surface area contributed by atoms with E-state index in [9.17, 15) is 4.79 Å². The monoisotopic (exact) mass is 313 g/mol. The van der Waals surface area contributed by atoms with E-state index in [2.05, 4.69) is 19.2 Å². The largest absolute Gasteiger partial charge is 0.497 e. The van der Waals surface area contributed by atoms with Gasteiger partial charge in [-0.15, -0.1) is 11.6 Å². The molecule has 1 aromatic rings. The second kappa shape index (κ2) is 8.13. The average molecular weight is 314 g/mol. The number of amides is 1. The molecule has 0 bridgehead atoms. The minimum absolute atomic E-state index is 0.0586. The summed E-state index contributed by atoms with van der Waals surface area (Å²) < 4.78 is 10.4. The van der Waals surface area contributed by atoms with Crippen LogP contribution in [0, 0.1) is 5.41 Å². The summed E-state index contributed by atoms with van der Waals surface area (Å²) >= 11 is 6.06. The lowest BCUT2D eigenvalue weighted by Gasteiger charge is -2.29. The van der Waals surface area contributed by atoms with Crippen molar-refractivity contribution in [1.82, 2.24) is 5.32 Å². The van der Waals surface area contributed by atoms with E-state index in [0.29, 0.717) is 29.5 Å².